The molecule has 3 heteroatoms. The quantitative estimate of drug-likeness (QED) is 0.772. The summed E-state index contributed by atoms with van der Waals surface area (Å²) in [7, 11) is -2.55. The first-order valence-electron chi connectivity index (χ1n) is 6.72. The Morgan fingerprint density at radius 2 is 1.83 bits per heavy atom. The predicted octanol–water partition coefficient (Wildman–Crippen LogP) is 4.28. The van der Waals surface area contributed by atoms with Gasteiger partial charge in [0.1, 0.15) is 8.24 Å². The zero-order valence-electron chi connectivity index (χ0n) is 12.3. The smallest absolute Gasteiger partial charge is 0.116 e. The lowest BCUT2D eigenvalue weighted by atomic mass is 10.1. The molecule has 0 saturated carbocycles. The normalized spacial score (nSPS) is 12.5. The molecule has 1 nitrogen and oxygen atoms in total. The third-order valence-electron chi connectivity index (χ3n) is 3.32. The van der Waals surface area contributed by atoms with Gasteiger partial charge in [-0.3, -0.25) is 0 Å². The fourth-order valence-electron chi connectivity index (χ4n) is 2.13. The first-order chi connectivity index (χ1) is 8.22. The lowest BCUT2D eigenvalue weighted by Crippen LogP contribution is -2.41. The van der Waals surface area contributed by atoms with Crippen molar-refractivity contribution in [1.29, 1.82) is 0 Å². The van der Waals surface area contributed by atoms with Crippen LogP contribution in [0.15, 0.2) is 30.8 Å². The first kappa shape index (κ1) is 15.4. The van der Waals surface area contributed by atoms with Gasteiger partial charge >= 0.3 is 0 Å². The fraction of sp³-hybridized carbons (Fsp3) is 0.467. The van der Waals surface area contributed by atoms with Crippen LogP contribution in [0.5, 0.6) is 0 Å². The van der Waals surface area contributed by atoms with Gasteiger partial charge in [-0.1, -0.05) is 74.7 Å². The Kier molecular flexibility index (Phi) is 5.13. The van der Waals surface area contributed by atoms with Crippen LogP contribution in [0.1, 0.15) is 11.1 Å². The monoisotopic (exact) mass is 277 g/mol. The first-order valence-corrected chi connectivity index (χ1v) is 13.4. The SMILES string of the molecule is C=Cc1cccc(C[Si](C)(C)CC[Si](C)(C)N)c1. The summed E-state index contributed by atoms with van der Waals surface area (Å²) in [4.78, 5) is 0. The van der Waals surface area contributed by atoms with Gasteiger partial charge in [0.25, 0.3) is 0 Å². The maximum absolute atomic E-state index is 6.23. The van der Waals surface area contributed by atoms with E-state index in [0.29, 0.717) is 0 Å². The van der Waals surface area contributed by atoms with Crippen molar-refractivity contribution in [1.82, 2.24) is 0 Å². The van der Waals surface area contributed by atoms with Crippen molar-refractivity contribution in [3.63, 3.8) is 0 Å². The van der Waals surface area contributed by atoms with Crippen LogP contribution in [-0.2, 0) is 6.04 Å². The number of nitrogens with two attached hydrogens (primary N) is 1. The number of hydrogen-bond acceptors (Lipinski definition) is 1. The van der Waals surface area contributed by atoms with E-state index in [1.54, 1.807) is 0 Å². The van der Waals surface area contributed by atoms with Crippen LogP contribution in [0.25, 0.3) is 6.08 Å². The van der Waals surface area contributed by atoms with E-state index in [1.807, 2.05) is 6.08 Å². The largest absolute Gasteiger partial charge is 0.351 e. The molecular weight excluding hydrogens is 250 g/mol. The molecule has 0 bridgehead atoms. The van der Waals surface area contributed by atoms with Crippen molar-refractivity contribution in [2.75, 3.05) is 0 Å². The lowest BCUT2D eigenvalue weighted by Gasteiger charge is -2.26. The van der Waals surface area contributed by atoms with E-state index in [0.717, 1.165) is 0 Å². The van der Waals surface area contributed by atoms with Gasteiger partial charge < -0.3 is 5.40 Å². The van der Waals surface area contributed by atoms with Gasteiger partial charge in [-0.2, -0.15) is 0 Å². The number of rotatable bonds is 6. The van der Waals surface area contributed by atoms with Crippen LogP contribution in [0.2, 0.25) is 38.3 Å². The molecule has 18 heavy (non-hydrogen) atoms. The molecule has 0 unspecified atom stereocenters. The molecule has 0 aliphatic rings. The molecule has 1 aromatic rings. The van der Waals surface area contributed by atoms with E-state index in [2.05, 4.69) is 57.0 Å². The van der Waals surface area contributed by atoms with Gasteiger partial charge in [0, 0.05) is 0 Å². The summed E-state index contributed by atoms with van der Waals surface area (Å²) in [5.74, 6) is 0. The topological polar surface area (TPSA) is 26.0 Å². The van der Waals surface area contributed by atoms with Crippen molar-refractivity contribution in [2.45, 2.75) is 44.3 Å². The standard InChI is InChI=1S/C15H27NSi2/c1-6-14-8-7-9-15(12-14)13-17(2,3)10-11-18(4,5)16/h6-9,12H,1,10-11,13,16H2,2-5H3. The third kappa shape index (κ3) is 5.80. The Hall–Kier alpha value is -0.646. The molecule has 0 spiro atoms. The zero-order valence-corrected chi connectivity index (χ0v) is 14.3. The Morgan fingerprint density at radius 1 is 1.17 bits per heavy atom. The summed E-state index contributed by atoms with van der Waals surface area (Å²) >= 11 is 0. The molecule has 0 radical (unpaired) electrons. The molecule has 0 fully saturated rings. The van der Waals surface area contributed by atoms with Gasteiger partial charge in [-0.25, -0.2) is 0 Å². The number of benzene rings is 1. The second-order valence-electron chi connectivity index (χ2n) is 6.78. The van der Waals surface area contributed by atoms with E-state index < -0.39 is 16.3 Å². The minimum atomic E-state index is -1.38. The highest BCUT2D eigenvalue weighted by molar-refractivity contribution is 6.81. The second-order valence-corrected chi connectivity index (χ2v) is 16.4. The zero-order chi connectivity index (χ0) is 13.8. The summed E-state index contributed by atoms with van der Waals surface area (Å²) in [6.07, 6.45) is 1.92. The highest BCUT2D eigenvalue weighted by Crippen LogP contribution is 2.22. The summed E-state index contributed by atoms with van der Waals surface area (Å²) in [5, 5.41) is 6.23. The summed E-state index contributed by atoms with van der Waals surface area (Å²) in [6.45, 7) is 13.3. The average molecular weight is 278 g/mol. The fourth-order valence-corrected chi connectivity index (χ4v) is 8.92. The van der Waals surface area contributed by atoms with Gasteiger partial charge in [0.05, 0.1) is 8.07 Å². The molecular formula is C15H27NSi2. The van der Waals surface area contributed by atoms with E-state index in [1.165, 1.54) is 29.3 Å². The Balaban J connectivity index is 2.66. The molecule has 0 aromatic heterocycles. The predicted molar refractivity (Wildman–Crippen MR) is 89.0 cm³/mol. The molecule has 0 saturated heterocycles. The van der Waals surface area contributed by atoms with Gasteiger partial charge in [0.15, 0.2) is 0 Å². The summed E-state index contributed by atoms with van der Waals surface area (Å²) in [5.41, 5.74) is 2.69. The van der Waals surface area contributed by atoms with E-state index >= 15 is 0 Å². The van der Waals surface area contributed by atoms with Crippen LogP contribution < -0.4 is 5.40 Å². The molecule has 100 valence electrons. The molecule has 1 rings (SSSR count). The number of hydrogen-bond donors (Lipinski definition) is 1. The summed E-state index contributed by atoms with van der Waals surface area (Å²) in [6, 6.07) is 12.6. The van der Waals surface area contributed by atoms with Crippen molar-refractivity contribution >= 4 is 22.4 Å². The van der Waals surface area contributed by atoms with Crippen molar-refractivity contribution in [3.05, 3.63) is 42.0 Å². The minimum absolute atomic E-state index is 1.17. The lowest BCUT2D eigenvalue weighted by molar-refractivity contribution is 1.18. The van der Waals surface area contributed by atoms with Crippen molar-refractivity contribution < 1.29 is 0 Å². The molecule has 0 aliphatic carbocycles. The van der Waals surface area contributed by atoms with Crippen LogP contribution >= 0.6 is 0 Å². The Labute approximate surface area is 114 Å². The van der Waals surface area contributed by atoms with Crippen LogP contribution in [0.4, 0.5) is 0 Å². The average Bonchev–Trinajstić information content (AvgIpc) is 2.25. The Bertz CT molecular complexity index is 405. The van der Waals surface area contributed by atoms with Crippen LogP contribution in [0.3, 0.4) is 0 Å². The molecule has 0 aliphatic heterocycles. The van der Waals surface area contributed by atoms with Gasteiger partial charge in [-0.15, -0.1) is 0 Å². The second kappa shape index (κ2) is 6.00. The minimum Gasteiger partial charge on any atom is -0.351 e. The molecule has 1 aromatic carbocycles. The van der Waals surface area contributed by atoms with E-state index in [9.17, 15) is 0 Å². The highest BCUT2D eigenvalue weighted by atomic mass is 28.3. The molecule has 0 heterocycles. The van der Waals surface area contributed by atoms with E-state index in [-0.39, 0.29) is 0 Å². The van der Waals surface area contributed by atoms with Crippen molar-refractivity contribution in [3.8, 4) is 0 Å². The maximum Gasteiger partial charge on any atom is 0.116 e. The highest BCUT2D eigenvalue weighted by Gasteiger charge is 2.25. The maximum atomic E-state index is 6.23. The van der Waals surface area contributed by atoms with Gasteiger partial charge in [0.2, 0.25) is 0 Å². The molecule has 0 amide bonds. The van der Waals surface area contributed by atoms with E-state index in [4.69, 9.17) is 5.40 Å². The van der Waals surface area contributed by atoms with Gasteiger partial charge in [-0.05, 0) is 17.7 Å². The Morgan fingerprint density at radius 3 is 2.39 bits per heavy atom. The van der Waals surface area contributed by atoms with Crippen LogP contribution in [0, 0.1) is 0 Å². The molecule has 2 N–H and O–H groups in total. The summed E-state index contributed by atoms with van der Waals surface area (Å²) < 4.78 is 0. The third-order valence-corrected chi connectivity index (χ3v) is 8.32. The molecule has 0 atom stereocenters. The van der Waals surface area contributed by atoms with Crippen LogP contribution in [-0.4, -0.2) is 16.3 Å². The van der Waals surface area contributed by atoms with Crippen molar-refractivity contribution in [2.24, 2.45) is 5.40 Å².